The SMILES string of the molecule is O=CC=CC1C=CC=CC1=[Se]. The first-order valence-electron chi connectivity index (χ1n) is 3.35. The Hall–Kier alpha value is -0.721. The molecular formula is C9H8OSe. The van der Waals surface area contributed by atoms with E-state index in [4.69, 9.17) is 0 Å². The monoisotopic (exact) mass is 212 g/mol. The first kappa shape index (κ1) is 8.38. The molecule has 11 heavy (non-hydrogen) atoms. The molecule has 2 heteroatoms. The Morgan fingerprint density at radius 1 is 1.45 bits per heavy atom. The van der Waals surface area contributed by atoms with Crippen molar-refractivity contribution in [2.24, 2.45) is 5.92 Å². The second kappa shape index (κ2) is 4.22. The third-order valence-electron chi connectivity index (χ3n) is 1.42. The Morgan fingerprint density at radius 2 is 2.27 bits per heavy atom. The number of hydrogen-bond acceptors (Lipinski definition) is 1. The molecule has 0 saturated carbocycles. The zero-order chi connectivity index (χ0) is 8.10. The summed E-state index contributed by atoms with van der Waals surface area (Å²) in [7, 11) is 0. The van der Waals surface area contributed by atoms with Gasteiger partial charge in [-0.25, -0.2) is 0 Å². The summed E-state index contributed by atoms with van der Waals surface area (Å²) in [6.07, 6.45) is 12.1. The molecule has 0 heterocycles. The van der Waals surface area contributed by atoms with Crippen LogP contribution < -0.4 is 0 Å². The molecule has 0 aromatic heterocycles. The van der Waals surface area contributed by atoms with Gasteiger partial charge in [-0.2, -0.15) is 0 Å². The van der Waals surface area contributed by atoms with Crippen LogP contribution in [0, 0.1) is 5.92 Å². The Balaban J connectivity index is 2.66. The normalized spacial score (nSPS) is 22.9. The Morgan fingerprint density at radius 3 is 2.91 bits per heavy atom. The van der Waals surface area contributed by atoms with Gasteiger partial charge in [0, 0.05) is 0 Å². The van der Waals surface area contributed by atoms with Crippen molar-refractivity contribution in [2.75, 3.05) is 0 Å². The molecule has 0 aliphatic heterocycles. The summed E-state index contributed by atoms with van der Waals surface area (Å²) >= 11 is 2.95. The average Bonchev–Trinajstić information content (AvgIpc) is 2.03. The van der Waals surface area contributed by atoms with E-state index in [-0.39, 0.29) is 5.92 Å². The third kappa shape index (κ3) is 2.41. The van der Waals surface area contributed by atoms with Gasteiger partial charge in [-0.05, 0) is 0 Å². The second-order valence-electron chi connectivity index (χ2n) is 2.19. The summed E-state index contributed by atoms with van der Waals surface area (Å²) in [5, 5.41) is 0. The standard InChI is InChI=1S/C9H8OSe/c10-7-3-5-8-4-1-2-6-9(8)11/h1-8H. The van der Waals surface area contributed by atoms with Crippen LogP contribution in [0.2, 0.25) is 0 Å². The van der Waals surface area contributed by atoms with Gasteiger partial charge in [-0.3, -0.25) is 0 Å². The van der Waals surface area contributed by atoms with Gasteiger partial charge < -0.3 is 0 Å². The summed E-state index contributed by atoms with van der Waals surface area (Å²) in [6.45, 7) is 0. The van der Waals surface area contributed by atoms with Gasteiger partial charge in [0.2, 0.25) is 0 Å². The van der Waals surface area contributed by atoms with E-state index in [1.54, 1.807) is 0 Å². The molecule has 1 aliphatic rings. The van der Waals surface area contributed by atoms with Gasteiger partial charge in [-0.1, -0.05) is 0 Å². The van der Waals surface area contributed by atoms with Crippen LogP contribution in [-0.4, -0.2) is 26.3 Å². The molecule has 0 bridgehead atoms. The number of allylic oxidation sites excluding steroid dienone is 6. The van der Waals surface area contributed by atoms with Crippen LogP contribution in [-0.2, 0) is 4.79 Å². The predicted molar refractivity (Wildman–Crippen MR) is 47.7 cm³/mol. The van der Waals surface area contributed by atoms with E-state index in [0.717, 1.165) is 10.7 Å². The fourth-order valence-corrected chi connectivity index (χ4v) is 1.36. The topological polar surface area (TPSA) is 17.1 Å². The zero-order valence-corrected chi connectivity index (χ0v) is 7.65. The molecule has 1 rings (SSSR count). The Labute approximate surface area is 73.8 Å². The molecular weight excluding hydrogens is 203 g/mol. The number of hydrogen-bond donors (Lipinski definition) is 0. The molecule has 1 nitrogen and oxygen atoms in total. The fourth-order valence-electron chi connectivity index (χ4n) is 0.864. The molecule has 56 valence electrons. The van der Waals surface area contributed by atoms with Gasteiger partial charge in [0.05, 0.1) is 0 Å². The average molecular weight is 211 g/mol. The minimum atomic E-state index is 0.255. The molecule has 0 amide bonds. The van der Waals surface area contributed by atoms with Gasteiger partial charge in [0.15, 0.2) is 0 Å². The van der Waals surface area contributed by atoms with Crippen molar-refractivity contribution in [3.05, 3.63) is 36.5 Å². The maximum absolute atomic E-state index is 10.0. The quantitative estimate of drug-likeness (QED) is 0.375. The van der Waals surface area contributed by atoms with Gasteiger partial charge in [-0.15, -0.1) is 0 Å². The Bertz CT molecular complexity index is 248. The molecule has 0 saturated heterocycles. The minimum absolute atomic E-state index is 0.255. The van der Waals surface area contributed by atoms with Gasteiger partial charge in [0.25, 0.3) is 0 Å². The van der Waals surface area contributed by atoms with Gasteiger partial charge in [0.1, 0.15) is 0 Å². The fraction of sp³-hybridized carbons (Fsp3) is 0.111. The van der Waals surface area contributed by atoms with Crippen LogP contribution in [0.4, 0.5) is 0 Å². The van der Waals surface area contributed by atoms with Crippen molar-refractivity contribution >= 4 is 26.3 Å². The molecule has 1 aliphatic carbocycles. The number of rotatable bonds is 2. The van der Waals surface area contributed by atoms with E-state index in [2.05, 4.69) is 15.6 Å². The first-order chi connectivity index (χ1) is 5.34. The zero-order valence-electron chi connectivity index (χ0n) is 5.94. The second-order valence-corrected chi connectivity index (χ2v) is 3.18. The van der Waals surface area contributed by atoms with Crippen LogP contribution in [0.25, 0.3) is 0 Å². The van der Waals surface area contributed by atoms with Crippen LogP contribution >= 0.6 is 0 Å². The van der Waals surface area contributed by atoms with E-state index < -0.39 is 0 Å². The van der Waals surface area contributed by atoms with Crippen LogP contribution in [0.3, 0.4) is 0 Å². The Kier molecular flexibility index (Phi) is 3.21. The van der Waals surface area contributed by atoms with Crippen molar-refractivity contribution in [1.29, 1.82) is 0 Å². The molecule has 1 atom stereocenters. The van der Waals surface area contributed by atoms with E-state index in [9.17, 15) is 4.79 Å². The van der Waals surface area contributed by atoms with Crippen molar-refractivity contribution in [3.8, 4) is 0 Å². The summed E-state index contributed by atoms with van der Waals surface area (Å²) in [5.41, 5.74) is 0. The van der Waals surface area contributed by atoms with E-state index in [1.165, 1.54) is 6.08 Å². The molecule has 0 spiro atoms. The summed E-state index contributed by atoms with van der Waals surface area (Å²) in [5.74, 6) is 0.255. The number of aldehydes is 1. The summed E-state index contributed by atoms with van der Waals surface area (Å²) in [6, 6.07) is 0. The summed E-state index contributed by atoms with van der Waals surface area (Å²) < 4.78 is 1.14. The molecule has 0 aromatic carbocycles. The van der Waals surface area contributed by atoms with Crippen LogP contribution in [0.15, 0.2) is 36.5 Å². The molecule has 0 N–H and O–H groups in total. The molecule has 0 aromatic rings. The van der Waals surface area contributed by atoms with Crippen LogP contribution in [0.1, 0.15) is 0 Å². The predicted octanol–water partition coefficient (Wildman–Crippen LogP) is 0.825. The molecule has 0 fully saturated rings. The summed E-state index contributed by atoms with van der Waals surface area (Å²) in [4.78, 5) is 10.0. The maximum atomic E-state index is 10.0. The van der Waals surface area contributed by atoms with Gasteiger partial charge >= 0.3 is 73.4 Å². The van der Waals surface area contributed by atoms with Crippen molar-refractivity contribution < 1.29 is 4.79 Å². The number of carbonyl (C=O) groups is 1. The van der Waals surface area contributed by atoms with Crippen molar-refractivity contribution in [2.45, 2.75) is 0 Å². The van der Waals surface area contributed by atoms with Crippen molar-refractivity contribution in [1.82, 2.24) is 0 Å². The molecule has 0 radical (unpaired) electrons. The third-order valence-corrected chi connectivity index (χ3v) is 2.27. The van der Waals surface area contributed by atoms with E-state index in [1.807, 2.05) is 30.4 Å². The van der Waals surface area contributed by atoms with E-state index in [0.29, 0.717) is 0 Å². The number of carbonyl (C=O) groups excluding carboxylic acids is 1. The van der Waals surface area contributed by atoms with E-state index >= 15 is 0 Å². The first-order valence-corrected chi connectivity index (χ1v) is 4.21. The van der Waals surface area contributed by atoms with Crippen LogP contribution in [0.5, 0.6) is 0 Å². The molecule has 1 unspecified atom stereocenters. The van der Waals surface area contributed by atoms with Crippen molar-refractivity contribution in [3.63, 3.8) is 0 Å².